The van der Waals surface area contributed by atoms with E-state index in [1.807, 2.05) is 19.1 Å². The molecule has 0 saturated carbocycles. The van der Waals surface area contributed by atoms with Crippen LogP contribution in [0.25, 0.3) is 0 Å². The maximum absolute atomic E-state index is 13.2. The second kappa shape index (κ2) is 7.87. The van der Waals surface area contributed by atoms with Crippen molar-refractivity contribution in [1.29, 1.82) is 0 Å². The summed E-state index contributed by atoms with van der Waals surface area (Å²) in [6, 6.07) is 10.1. The van der Waals surface area contributed by atoms with E-state index in [9.17, 15) is 9.18 Å². The molecule has 25 heavy (non-hydrogen) atoms. The third kappa shape index (κ3) is 4.31. The van der Waals surface area contributed by atoms with Gasteiger partial charge in [0, 0.05) is 5.69 Å². The molecule has 5 heteroatoms. The first-order valence-corrected chi connectivity index (χ1v) is 8.99. The highest BCUT2D eigenvalue weighted by Crippen LogP contribution is 2.26. The lowest BCUT2D eigenvalue weighted by molar-refractivity contribution is -0.122. The fourth-order valence-corrected chi connectivity index (χ4v) is 3.25. The minimum atomic E-state index is -0.620. The van der Waals surface area contributed by atoms with E-state index in [4.69, 9.17) is 16.3 Å². The summed E-state index contributed by atoms with van der Waals surface area (Å²) in [4.78, 5) is 12.5. The van der Waals surface area contributed by atoms with Crippen LogP contribution in [0.15, 0.2) is 36.4 Å². The molecule has 0 unspecified atom stereocenters. The fourth-order valence-electron chi connectivity index (χ4n) is 3.07. The summed E-state index contributed by atoms with van der Waals surface area (Å²) < 4.78 is 19.1. The average molecular weight is 362 g/mol. The van der Waals surface area contributed by atoms with E-state index in [-0.39, 0.29) is 10.9 Å². The van der Waals surface area contributed by atoms with Gasteiger partial charge < -0.3 is 10.1 Å². The summed E-state index contributed by atoms with van der Waals surface area (Å²) in [5.41, 5.74) is 3.13. The Morgan fingerprint density at radius 3 is 2.68 bits per heavy atom. The van der Waals surface area contributed by atoms with Crippen LogP contribution in [0.4, 0.5) is 10.1 Å². The Bertz CT molecular complexity index is 778. The molecule has 3 nitrogen and oxygen atoms in total. The normalized spacial score (nSPS) is 14.5. The van der Waals surface area contributed by atoms with E-state index in [0.29, 0.717) is 17.9 Å². The van der Waals surface area contributed by atoms with Crippen LogP contribution >= 0.6 is 11.6 Å². The molecule has 3 rings (SSSR count). The van der Waals surface area contributed by atoms with Crippen molar-refractivity contribution in [3.63, 3.8) is 0 Å². The van der Waals surface area contributed by atoms with Crippen molar-refractivity contribution in [2.45, 2.75) is 45.1 Å². The van der Waals surface area contributed by atoms with Crippen LogP contribution in [-0.2, 0) is 17.6 Å². The van der Waals surface area contributed by atoms with E-state index in [0.717, 1.165) is 12.8 Å². The second-order valence-electron chi connectivity index (χ2n) is 6.27. The van der Waals surface area contributed by atoms with Gasteiger partial charge >= 0.3 is 0 Å². The second-order valence-corrected chi connectivity index (χ2v) is 6.68. The minimum absolute atomic E-state index is 0.0264. The summed E-state index contributed by atoms with van der Waals surface area (Å²) in [5.74, 6) is -0.0836. The van der Waals surface area contributed by atoms with Crippen LogP contribution in [0.1, 0.15) is 37.3 Å². The Morgan fingerprint density at radius 1 is 1.20 bits per heavy atom. The Kier molecular flexibility index (Phi) is 5.59. The van der Waals surface area contributed by atoms with E-state index >= 15 is 0 Å². The predicted octanol–water partition coefficient (Wildman–Crippen LogP) is 5.15. The molecule has 2 aromatic carbocycles. The number of carbonyl (C=O) groups excluding carboxylic acids is 1. The van der Waals surface area contributed by atoms with Crippen LogP contribution < -0.4 is 10.1 Å². The van der Waals surface area contributed by atoms with Gasteiger partial charge in [-0.25, -0.2) is 4.39 Å². The number of anilines is 1. The quantitative estimate of drug-likeness (QED) is 0.799. The molecule has 0 aliphatic heterocycles. The topological polar surface area (TPSA) is 38.3 Å². The molecule has 0 aromatic heterocycles. The molecule has 1 atom stereocenters. The number of nitrogens with one attached hydrogen (secondary N) is 1. The molecular formula is C20H21ClFNO2. The first kappa shape index (κ1) is 17.7. The van der Waals surface area contributed by atoms with Crippen molar-refractivity contribution in [2.75, 3.05) is 5.32 Å². The first-order chi connectivity index (χ1) is 12.1. The van der Waals surface area contributed by atoms with Crippen molar-refractivity contribution in [3.05, 3.63) is 58.4 Å². The van der Waals surface area contributed by atoms with E-state index in [2.05, 4.69) is 11.4 Å². The molecule has 1 aliphatic carbocycles. The Balaban J connectivity index is 1.69. The van der Waals surface area contributed by atoms with Gasteiger partial charge in [-0.1, -0.05) is 24.6 Å². The lowest BCUT2D eigenvalue weighted by atomic mass is 9.92. The van der Waals surface area contributed by atoms with Crippen molar-refractivity contribution >= 4 is 23.2 Å². The standard InChI is InChI=1S/C20H21ClFNO2/c1-2-19(20(24)23-15-8-10-18(22)17(21)12-15)25-16-9-7-13-5-3-4-6-14(13)11-16/h7-12,19H,2-6H2,1H3,(H,23,24)/t19-/m1/s1. The van der Waals surface area contributed by atoms with Gasteiger partial charge in [0.15, 0.2) is 6.10 Å². The zero-order chi connectivity index (χ0) is 17.8. The van der Waals surface area contributed by atoms with Crippen LogP contribution in [-0.4, -0.2) is 12.0 Å². The summed E-state index contributed by atoms with van der Waals surface area (Å²) in [6.07, 6.45) is 4.50. The van der Waals surface area contributed by atoms with Crippen molar-refractivity contribution in [1.82, 2.24) is 0 Å². The summed E-state index contributed by atoms with van der Waals surface area (Å²) in [6.45, 7) is 1.89. The Morgan fingerprint density at radius 2 is 1.96 bits per heavy atom. The van der Waals surface area contributed by atoms with Gasteiger partial charge in [-0.05, 0) is 73.6 Å². The van der Waals surface area contributed by atoms with Gasteiger partial charge in [-0.15, -0.1) is 0 Å². The highest BCUT2D eigenvalue weighted by molar-refractivity contribution is 6.31. The van der Waals surface area contributed by atoms with Gasteiger partial charge in [0.05, 0.1) is 5.02 Å². The number of fused-ring (bicyclic) bond motifs is 1. The highest BCUT2D eigenvalue weighted by atomic mass is 35.5. The molecule has 1 N–H and O–H groups in total. The van der Waals surface area contributed by atoms with Gasteiger partial charge in [0.1, 0.15) is 11.6 Å². The average Bonchev–Trinajstić information content (AvgIpc) is 2.62. The van der Waals surface area contributed by atoms with Crippen LogP contribution in [0.3, 0.4) is 0 Å². The molecule has 0 fully saturated rings. The van der Waals surface area contributed by atoms with Crippen LogP contribution in [0, 0.1) is 5.82 Å². The lowest BCUT2D eigenvalue weighted by Gasteiger charge is -2.20. The summed E-state index contributed by atoms with van der Waals surface area (Å²) in [7, 11) is 0. The molecule has 0 heterocycles. The van der Waals surface area contributed by atoms with Gasteiger partial charge in [0.2, 0.25) is 0 Å². The van der Waals surface area contributed by atoms with Crippen LogP contribution in [0.2, 0.25) is 5.02 Å². The fraction of sp³-hybridized carbons (Fsp3) is 0.350. The molecule has 0 bridgehead atoms. The predicted molar refractivity (Wildman–Crippen MR) is 97.8 cm³/mol. The zero-order valence-corrected chi connectivity index (χ0v) is 14.9. The molecule has 132 valence electrons. The molecule has 0 radical (unpaired) electrons. The number of hydrogen-bond donors (Lipinski definition) is 1. The minimum Gasteiger partial charge on any atom is -0.481 e. The van der Waals surface area contributed by atoms with Crippen LogP contribution in [0.5, 0.6) is 5.75 Å². The third-order valence-electron chi connectivity index (χ3n) is 4.45. The molecular weight excluding hydrogens is 341 g/mol. The Labute approximate surface area is 152 Å². The smallest absolute Gasteiger partial charge is 0.265 e. The number of hydrogen-bond acceptors (Lipinski definition) is 2. The number of aryl methyl sites for hydroxylation is 2. The number of benzene rings is 2. The number of halogens is 2. The molecule has 1 amide bonds. The maximum atomic E-state index is 13.2. The van der Waals surface area contributed by atoms with Crippen molar-refractivity contribution in [2.24, 2.45) is 0 Å². The number of amides is 1. The van der Waals surface area contributed by atoms with E-state index in [1.54, 1.807) is 0 Å². The van der Waals surface area contributed by atoms with Gasteiger partial charge in [0.25, 0.3) is 5.91 Å². The first-order valence-electron chi connectivity index (χ1n) is 8.61. The third-order valence-corrected chi connectivity index (χ3v) is 4.74. The van der Waals surface area contributed by atoms with Gasteiger partial charge in [-0.3, -0.25) is 4.79 Å². The summed E-state index contributed by atoms with van der Waals surface area (Å²) >= 11 is 5.75. The van der Waals surface area contributed by atoms with E-state index < -0.39 is 11.9 Å². The largest absolute Gasteiger partial charge is 0.481 e. The highest BCUT2D eigenvalue weighted by Gasteiger charge is 2.20. The maximum Gasteiger partial charge on any atom is 0.265 e. The number of ether oxygens (including phenoxy) is 1. The van der Waals surface area contributed by atoms with Crippen molar-refractivity contribution < 1.29 is 13.9 Å². The molecule has 0 spiro atoms. The van der Waals surface area contributed by atoms with E-state index in [1.165, 1.54) is 42.2 Å². The van der Waals surface area contributed by atoms with Gasteiger partial charge in [-0.2, -0.15) is 0 Å². The monoisotopic (exact) mass is 361 g/mol. The molecule has 0 saturated heterocycles. The number of rotatable bonds is 5. The molecule has 1 aliphatic rings. The Hall–Kier alpha value is -2.07. The SMILES string of the molecule is CC[C@@H](Oc1ccc2c(c1)CCCC2)C(=O)Nc1ccc(F)c(Cl)c1. The molecule has 2 aromatic rings. The lowest BCUT2D eigenvalue weighted by Crippen LogP contribution is -2.32. The number of carbonyl (C=O) groups is 1. The summed E-state index contributed by atoms with van der Waals surface area (Å²) in [5, 5.41) is 2.70. The zero-order valence-electron chi connectivity index (χ0n) is 14.1. The van der Waals surface area contributed by atoms with Crippen molar-refractivity contribution in [3.8, 4) is 5.75 Å².